The van der Waals surface area contributed by atoms with Crippen LogP contribution in [0.25, 0.3) is 0 Å². The van der Waals surface area contributed by atoms with E-state index in [9.17, 15) is 4.79 Å². The van der Waals surface area contributed by atoms with Gasteiger partial charge in [0.25, 0.3) is 0 Å². The average Bonchev–Trinajstić information content (AvgIpc) is 2.53. The molecule has 104 valence electrons. The second-order valence-electron chi connectivity index (χ2n) is 5.98. The normalized spacial score (nSPS) is 38.3. The van der Waals surface area contributed by atoms with Gasteiger partial charge in [-0.3, -0.25) is 4.79 Å². The van der Waals surface area contributed by atoms with E-state index in [0.29, 0.717) is 11.8 Å². The summed E-state index contributed by atoms with van der Waals surface area (Å²) in [5.74, 6) is 0.919. The van der Waals surface area contributed by atoms with E-state index in [2.05, 4.69) is 6.92 Å². The summed E-state index contributed by atoms with van der Waals surface area (Å²) in [6, 6.07) is 0.287. The molecule has 1 aliphatic carbocycles. The zero-order valence-corrected chi connectivity index (χ0v) is 11.6. The molecular formula is C14H26N2O2. The van der Waals surface area contributed by atoms with E-state index in [1.807, 2.05) is 11.8 Å². The lowest BCUT2D eigenvalue weighted by Gasteiger charge is -2.35. The van der Waals surface area contributed by atoms with Gasteiger partial charge in [0.15, 0.2) is 0 Å². The molecule has 2 rings (SSSR count). The van der Waals surface area contributed by atoms with Crippen LogP contribution in [0.2, 0.25) is 0 Å². The SMILES string of the molecule is CC1CN(C(=O)C2CCC(N)CC2C)CCCO1. The van der Waals surface area contributed by atoms with E-state index in [1.54, 1.807) is 0 Å². The summed E-state index contributed by atoms with van der Waals surface area (Å²) in [6.45, 7) is 6.58. The Labute approximate surface area is 110 Å². The summed E-state index contributed by atoms with van der Waals surface area (Å²) in [5.41, 5.74) is 5.97. The molecule has 2 fully saturated rings. The quantitative estimate of drug-likeness (QED) is 0.769. The second kappa shape index (κ2) is 6.02. The van der Waals surface area contributed by atoms with Crippen molar-refractivity contribution in [1.29, 1.82) is 0 Å². The largest absolute Gasteiger partial charge is 0.377 e. The highest BCUT2D eigenvalue weighted by Crippen LogP contribution is 2.31. The van der Waals surface area contributed by atoms with Crippen LogP contribution in [-0.4, -0.2) is 42.6 Å². The minimum Gasteiger partial charge on any atom is -0.377 e. The van der Waals surface area contributed by atoms with Crippen LogP contribution in [0, 0.1) is 11.8 Å². The average molecular weight is 254 g/mol. The minimum atomic E-state index is 0.164. The number of ether oxygens (including phenoxy) is 1. The molecule has 0 aromatic heterocycles. The van der Waals surface area contributed by atoms with Crippen molar-refractivity contribution in [2.75, 3.05) is 19.7 Å². The van der Waals surface area contributed by atoms with Gasteiger partial charge < -0.3 is 15.4 Å². The van der Waals surface area contributed by atoms with Crippen molar-refractivity contribution in [3.05, 3.63) is 0 Å². The maximum Gasteiger partial charge on any atom is 0.226 e. The van der Waals surface area contributed by atoms with E-state index < -0.39 is 0 Å². The van der Waals surface area contributed by atoms with Gasteiger partial charge >= 0.3 is 0 Å². The molecule has 1 amide bonds. The van der Waals surface area contributed by atoms with Crippen LogP contribution in [0.4, 0.5) is 0 Å². The third-order valence-corrected chi connectivity index (χ3v) is 4.29. The Kier molecular flexibility index (Phi) is 4.62. The summed E-state index contributed by atoms with van der Waals surface area (Å²) in [5, 5.41) is 0. The molecule has 4 nitrogen and oxygen atoms in total. The highest BCUT2D eigenvalue weighted by Gasteiger charge is 2.34. The van der Waals surface area contributed by atoms with Gasteiger partial charge in [-0.15, -0.1) is 0 Å². The molecule has 0 aromatic carbocycles. The van der Waals surface area contributed by atoms with Crippen LogP contribution in [0.15, 0.2) is 0 Å². The molecule has 1 aliphatic heterocycles. The summed E-state index contributed by atoms with van der Waals surface area (Å²) in [7, 11) is 0. The Bertz CT molecular complexity index is 296. The fourth-order valence-corrected chi connectivity index (χ4v) is 3.23. The van der Waals surface area contributed by atoms with Gasteiger partial charge in [-0.25, -0.2) is 0 Å². The van der Waals surface area contributed by atoms with Gasteiger partial charge in [-0.2, -0.15) is 0 Å². The minimum absolute atomic E-state index is 0.164. The monoisotopic (exact) mass is 254 g/mol. The van der Waals surface area contributed by atoms with Crippen molar-refractivity contribution in [3.63, 3.8) is 0 Å². The molecular weight excluding hydrogens is 228 g/mol. The Hall–Kier alpha value is -0.610. The second-order valence-corrected chi connectivity index (χ2v) is 5.98. The molecule has 0 bridgehead atoms. The summed E-state index contributed by atoms with van der Waals surface area (Å²) < 4.78 is 5.60. The third kappa shape index (κ3) is 3.23. The lowest BCUT2D eigenvalue weighted by molar-refractivity contribution is -0.139. The maximum atomic E-state index is 12.6. The first kappa shape index (κ1) is 13.8. The number of amides is 1. The van der Waals surface area contributed by atoms with E-state index in [-0.39, 0.29) is 18.1 Å². The first-order chi connectivity index (χ1) is 8.58. The molecule has 2 N–H and O–H groups in total. The van der Waals surface area contributed by atoms with Crippen LogP contribution in [0.1, 0.15) is 39.5 Å². The first-order valence-corrected chi connectivity index (χ1v) is 7.24. The van der Waals surface area contributed by atoms with Crippen molar-refractivity contribution in [2.24, 2.45) is 17.6 Å². The van der Waals surface area contributed by atoms with E-state index >= 15 is 0 Å². The van der Waals surface area contributed by atoms with Gasteiger partial charge in [-0.05, 0) is 38.5 Å². The summed E-state index contributed by atoms with van der Waals surface area (Å²) in [6.07, 6.45) is 4.04. The smallest absolute Gasteiger partial charge is 0.226 e. The van der Waals surface area contributed by atoms with Crippen LogP contribution < -0.4 is 5.73 Å². The number of carbonyl (C=O) groups is 1. The number of nitrogens with zero attached hydrogens (tertiary/aromatic N) is 1. The van der Waals surface area contributed by atoms with E-state index in [4.69, 9.17) is 10.5 Å². The van der Waals surface area contributed by atoms with Crippen molar-refractivity contribution in [3.8, 4) is 0 Å². The van der Waals surface area contributed by atoms with Gasteiger partial charge in [0.1, 0.15) is 0 Å². The van der Waals surface area contributed by atoms with E-state index in [1.165, 1.54) is 0 Å². The van der Waals surface area contributed by atoms with Crippen LogP contribution >= 0.6 is 0 Å². The molecule has 0 spiro atoms. The molecule has 2 aliphatic rings. The van der Waals surface area contributed by atoms with Gasteiger partial charge in [0.05, 0.1) is 6.10 Å². The van der Waals surface area contributed by atoms with Crippen molar-refractivity contribution in [2.45, 2.75) is 51.7 Å². The molecule has 1 saturated carbocycles. The van der Waals surface area contributed by atoms with Crippen LogP contribution in [-0.2, 0) is 9.53 Å². The number of rotatable bonds is 1. The van der Waals surface area contributed by atoms with Crippen LogP contribution in [0.5, 0.6) is 0 Å². The number of carbonyl (C=O) groups excluding carboxylic acids is 1. The first-order valence-electron chi connectivity index (χ1n) is 7.24. The fraction of sp³-hybridized carbons (Fsp3) is 0.929. The number of hydrogen-bond acceptors (Lipinski definition) is 3. The standard InChI is InChI=1S/C14H26N2O2/c1-10-8-12(15)4-5-13(10)14(17)16-6-3-7-18-11(2)9-16/h10-13H,3-9,15H2,1-2H3. The molecule has 0 radical (unpaired) electrons. The summed E-state index contributed by atoms with van der Waals surface area (Å²) in [4.78, 5) is 14.6. The van der Waals surface area contributed by atoms with Crippen molar-refractivity contribution < 1.29 is 9.53 Å². The van der Waals surface area contributed by atoms with Gasteiger partial charge in [0, 0.05) is 31.7 Å². The predicted octanol–water partition coefficient (Wildman–Crippen LogP) is 1.39. The maximum absolute atomic E-state index is 12.6. The lowest BCUT2D eigenvalue weighted by Crippen LogP contribution is -2.44. The number of nitrogens with two attached hydrogens (primary N) is 1. The zero-order valence-electron chi connectivity index (χ0n) is 11.6. The molecule has 4 heteroatoms. The highest BCUT2D eigenvalue weighted by atomic mass is 16.5. The zero-order chi connectivity index (χ0) is 13.1. The van der Waals surface area contributed by atoms with Crippen LogP contribution in [0.3, 0.4) is 0 Å². The van der Waals surface area contributed by atoms with Gasteiger partial charge in [0.2, 0.25) is 5.91 Å². The molecule has 1 saturated heterocycles. The highest BCUT2D eigenvalue weighted by molar-refractivity contribution is 5.79. The topological polar surface area (TPSA) is 55.6 Å². The molecule has 18 heavy (non-hydrogen) atoms. The molecule has 4 unspecified atom stereocenters. The molecule has 1 heterocycles. The predicted molar refractivity (Wildman–Crippen MR) is 71.1 cm³/mol. The fourth-order valence-electron chi connectivity index (χ4n) is 3.23. The number of hydrogen-bond donors (Lipinski definition) is 1. The third-order valence-electron chi connectivity index (χ3n) is 4.29. The summed E-state index contributed by atoms with van der Waals surface area (Å²) >= 11 is 0. The Morgan fingerprint density at radius 3 is 2.83 bits per heavy atom. The molecule has 0 aromatic rings. The molecule has 4 atom stereocenters. The van der Waals surface area contributed by atoms with Gasteiger partial charge in [-0.1, -0.05) is 6.92 Å². The van der Waals surface area contributed by atoms with Crippen molar-refractivity contribution in [1.82, 2.24) is 4.90 Å². The lowest BCUT2D eigenvalue weighted by atomic mass is 9.77. The Morgan fingerprint density at radius 2 is 2.11 bits per heavy atom. The Morgan fingerprint density at radius 1 is 1.33 bits per heavy atom. The Balaban J connectivity index is 1.97. The van der Waals surface area contributed by atoms with E-state index in [0.717, 1.165) is 45.4 Å². The van der Waals surface area contributed by atoms with Crippen molar-refractivity contribution >= 4 is 5.91 Å².